The molecule has 0 N–H and O–H groups in total. The van der Waals surface area contributed by atoms with Crippen molar-refractivity contribution in [1.82, 2.24) is 0 Å². The molecular weight excluding hydrogens is 294 g/mol. The van der Waals surface area contributed by atoms with E-state index in [4.69, 9.17) is 0 Å². The molecular formula is C22H25NO. The van der Waals surface area contributed by atoms with Gasteiger partial charge in [-0.3, -0.25) is 4.79 Å². The van der Waals surface area contributed by atoms with E-state index in [1.165, 1.54) is 47.1 Å². The van der Waals surface area contributed by atoms with Crippen LogP contribution in [-0.2, 0) is 4.79 Å². The number of hydrogen-bond acceptors (Lipinski definition) is 1. The minimum atomic E-state index is 0.892. The van der Waals surface area contributed by atoms with Gasteiger partial charge >= 0.3 is 0 Å². The molecule has 1 aliphatic rings. The average molecular weight is 319 g/mol. The highest BCUT2D eigenvalue weighted by molar-refractivity contribution is 5.96. The monoisotopic (exact) mass is 319 g/mol. The van der Waals surface area contributed by atoms with E-state index in [1.54, 1.807) is 4.90 Å². The van der Waals surface area contributed by atoms with E-state index in [1.807, 2.05) is 19.2 Å². The van der Waals surface area contributed by atoms with E-state index >= 15 is 0 Å². The van der Waals surface area contributed by atoms with Crippen molar-refractivity contribution in [2.24, 2.45) is 0 Å². The molecule has 0 unspecified atom stereocenters. The van der Waals surface area contributed by atoms with Gasteiger partial charge in [0, 0.05) is 12.6 Å². The van der Waals surface area contributed by atoms with E-state index in [2.05, 4.69) is 43.3 Å². The van der Waals surface area contributed by atoms with Crippen LogP contribution >= 0.6 is 0 Å². The first-order valence-electron chi connectivity index (χ1n) is 8.78. The number of rotatable bonds is 4. The molecule has 0 spiro atoms. The van der Waals surface area contributed by atoms with Gasteiger partial charge < -0.3 is 4.90 Å². The molecule has 0 saturated carbocycles. The van der Waals surface area contributed by atoms with Gasteiger partial charge in [0.15, 0.2) is 0 Å². The SMILES string of the molecule is Cc1ccccc1C1=C(c2ccccc2N(C)C=O)CCCCC1. The number of carbonyl (C=O) groups is 1. The third-order valence-corrected chi connectivity index (χ3v) is 4.96. The van der Waals surface area contributed by atoms with Crippen molar-refractivity contribution in [3.63, 3.8) is 0 Å². The van der Waals surface area contributed by atoms with Crippen molar-refractivity contribution >= 4 is 23.2 Å². The highest BCUT2D eigenvalue weighted by atomic mass is 16.1. The number of allylic oxidation sites excluding steroid dienone is 2. The van der Waals surface area contributed by atoms with Crippen LogP contribution in [0.2, 0.25) is 0 Å². The molecule has 0 aliphatic heterocycles. The van der Waals surface area contributed by atoms with Crippen molar-refractivity contribution in [1.29, 1.82) is 0 Å². The Morgan fingerprint density at radius 3 is 2.08 bits per heavy atom. The fraction of sp³-hybridized carbons (Fsp3) is 0.318. The molecule has 0 heterocycles. The quantitative estimate of drug-likeness (QED) is 0.685. The van der Waals surface area contributed by atoms with Crippen LogP contribution in [-0.4, -0.2) is 13.5 Å². The number of aryl methyl sites for hydroxylation is 1. The van der Waals surface area contributed by atoms with E-state index in [0.29, 0.717) is 0 Å². The van der Waals surface area contributed by atoms with Crippen LogP contribution in [0.3, 0.4) is 0 Å². The summed E-state index contributed by atoms with van der Waals surface area (Å²) in [5.41, 5.74) is 7.75. The molecule has 0 aromatic heterocycles. The van der Waals surface area contributed by atoms with Gasteiger partial charge in [-0.05, 0) is 60.9 Å². The Kier molecular flexibility index (Phi) is 5.14. The number of benzene rings is 2. The van der Waals surface area contributed by atoms with Gasteiger partial charge in [-0.2, -0.15) is 0 Å². The van der Waals surface area contributed by atoms with Crippen molar-refractivity contribution in [3.8, 4) is 0 Å². The van der Waals surface area contributed by atoms with Crippen LogP contribution in [0.4, 0.5) is 5.69 Å². The van der Waals surface area contributed by atoms with Crippen LogP contribution in [0.15, 0.2) is 48.5 Å². The van der Waals surface area contributed by atoms with Gasteiger partial charge in [-0.15, -0.1) is 0 Å². The lowest BCUT2D eigenvalue weighted by molar-refractivity contribution is -0.107. The first-order valence-corrected chi connectivity index (χ1v) is 8.78. The van der Waals surface area contributed by atoms with Crippen LogP contribution in [0, 0.1) is 6.92 Å². The summed E-state index contributed by atoms with van der Waals surface area (Å²) in [6.07, 6.45) is 6.80. The van der Waals surface area contributed by atoms with Crippen molar-refractivity contribution in [2.45, 2.75) is 39.0 Å². The summed E-state index contributed by atoms with van der Waals surface area (Å²) in [7, 11) is 1.83. The fourth-order valence-corrected chi connectivity index (χ4v) is 3.68. The van der Waals surface area contributed by atoms with Crippen LogP contribution in [0.1, 0.15) is 48.8 Å². The lowest BCUT2D eigenvalue weighted by Crippen LogP contribution is -2.15. The summed E-state index contributed by atoms with van der Waals surface area (Å²) in [5, 5.41) is 0. The molecule has 0 atom stereocenters. The number of para-hydroxylation sites is 1. The standard InChI is InChI=1S/C22H25NO/c1-17-10-6-7-11-18(17)19-12-4-3-5-13-20(19)21-14-8-9-15-22(21)23(2)16-24/h6-11,14-16H,3-5,12-13H2,1-2H3. The summed E-state index contributed by atoms with van der Waals surface area (Å²) in [5.74, 6) is 0. The molecule has 2 aromatic rings. The average Bonchev–Trinajstić information content (AvgIpc) is 2.87. The van der Waals surface area contributed by atoms with Crippen LogP contribution < -0.4 is 4.90 Å². The van der Waals surface area contributed by atoms with E-state index in [-0.39, 0.29) is 0 Å². The van der Waals surface area contributed by atoms with Gasteiger partial charge in [0.1, 0.15) is 0 Å². The number of anilines is 1. The fourth-order valence-electron chi connectivity index (χ4n) is 3.68. The molecule has 0 radical (unpaired) electrons. The van der Waals surface area contributed by atoms with E-state index < -0.39 is 0 Å². The molecule has 0 fully saturated rings. The highest BCUT2D eigenvalue weighted by Gasteiger charge is 2.19. The minimum absolute atomic E-state index is 0.892. The molecule has 24 heavy (non-hydrogen) atoms. The second-order valence-electron chi connectivity index (χ2n) is 6.57. The topological polar surface area (TPSA) is 20.3 Å². The highest BCUT2D eigenvalue weighted by Crippen LogP contribution is 2.40. The lowest BCUT2D eigenvalue weighted by atomic mass is 9.88. The second kappa shape index (κ2) is 7.48. The maximum Gasteiger partial charge on any atom is 0.213 e. The Balaban J connectivity index is 2.21. The Morgan fingerprint density at radius 2 is 1.42 bits per heavy atom. The number of amides is 1. The maximum atomic E-state index is 11.3. The summed E-state index contributed by atoms with van der Waals surface area (Å²) >= 11 is 0. The summed E-state index contributed by atoms with van der Waals surface area (Å²) in [6.45, 7) is 2.19. The molecule has 124 valence electrons. The normalized spacial score (nSPS) is 15.1. The maximum absolute atomic E-state index is 11.3. The number of carbonyl (C=O) groups excluding carboxylic acids is 1. The van der Waals surface area contributed by atoms with Crippen molar-refractivity contribution < 1.29 is 4.79 Å². The zero-order chi connectivity index (χ0) is 16.9. The Morgan fingerprint density at radius 1 is 0.833 bits per heavy atom. The van der Waals surface area contributed by atoms with Crippen molar-refractivity contribution in [3.05, 3.63) is 65.2 Å². The third kappa shape index (κ3) is 3.28. The molecule has 0 bridgehead atoms. The number of hydrogen-bond donors (Lipinski definition) is 0. The first kappa shape index (κ1) is 16.5. The zero-order valence-electron chi connectivity index (χ0n) is 14.6. The molecule has 2 heteroatoms. The molecule has 1 amide bonds. The smallest absolute Gasteiger partial charge is 0.213 e. The molecule has 1 aliphatic carbocycles. The predicted molar refractivity (Wildman–Crippen MR) is 102 cm³/mol. The van der Waals surface area contributed by atoms with Crippen LogP contribution in [0.5, 0.6) is 0 Å². The number of nitrogens with zero attached hydrogens (tertiary/aromatic N) is 1. The largest absolute Gasteiger partial charge is 0.317 e. The van der Waals surface area contributed by atoms with Gasteiger partial charge in [-0.25, -0.2) is 0 Å². The summed E-state index contributed by atoms with van der Waals surface area (Å²) < 4.78 is 0. The molecule has 0 saturated heterocycles. The Bertz CT molecular complexity index is 760. The van der Waals surface area contributed by atoms with Gasteiger partial charge in [0.2, 0.25) is 6.41 Å². The second-order valence-corrected chi connectivity index (χ2v) is 6.57. The molecule has 2 nitrogen and oxygen atoms in total. The predicted octanol–water partition coefficient (Wildman–Crippen LogP) is 5.46. The summed E-state index contributed by atoms with van der Waals surface area (Å²) in [6, 6.07) is 16.9. The van der Waals surface area contributed by atoms with Crippen molar-refractivity contribution in [2.75, 3.05) is 11.9 Å². The molecule has 2 aromatic carbocycles. The van der Waals surface area contributed by atoms with E-state index in [0.717, 1.165) is 24.9 Å². The van der Waals surface area contributed by atoms with E-state index in [9.17, 15) is 4.79 Å². The van der Waals surface area contributed by atoms with Gasteiger partial charge in [0.05, 0.1) is 5.69 Å². The zero-order valence-corrected chi connectivity index (χ0v) is 14.6. The van der Waals surface area contributed by atoms with Gasteiger partial charge in [0.25, 0.3) is 0 Å². The third-order valence-electron chi connectivity index (χ3n) is 4.96. The van der Waals surface area contributed by atoms with Crippen LogP contribution in [0.25, 0.3) is 11.1 Å². The van der Waals surface area contributed by atoms with Gasteiger partial charge in [-0.1, -0.05) is 48.9 Å². The Labute approximate surface area is 144 Å². The molecule has 3 rings (SSSR count). The Hall–Kier alpha value is -2.35. The first-order chi connectivity index (χ1) is 11.7. The lowest BCUT2D eigenvalue weighted by Gasteiger charge is -2.21. The summed E-state index contributed by atoms with van der Waals surface area (Å²) in [4.78, 5) is 13.0. The minimum Gasteiger partial charge on any atom is -0.317 e.